The molecule has 6 rings (SSSR count). The van der Waals surface area contributed by atoms with Crippen molar-refractivity contribution in [3.05, 3.63) is 59.7 Å². The molecule has 0 bridgehead atoms. The number of carbonyl (C=O) groups excluding carboxylic acids is 2. The van der Waals surface area contributed by atoms with Crippen molar-refractivity contribution in [1.82, 2.24) is 10.2 Å². The predicted octanol–water partition coefficient (Wildman–Crippen LogP) is 3.87. The van der Waals surface area contributed by atoms with Gasteiger partial charge in [0.2, 0.25) is 5.91 Å². The van der Waals surface area contributed by atoms with Crippen LogP contribution in [0.25, 0.3) is 11.1 Å². The van der Waals surface area contributed by atoms with Gasteiger partial charge in [-0.25, -0.2) is 4.79 Å². The van der Waals surface area contributed by atoms with Crippen molar-refractivity contribution in [2.45, 2.75) is 37.6 Å². The number of ether oxygens (including phenoxy) is 1. The topological polar surface area (TPSA) is 95.9 Å². The summed E-state index contributed by atoms with van der Waals surface area (Å²) in [7, 11) is 0. The molecule has 3 fully saturated rings. The molecule has 1 heterocycles. The first-order valence-electron chi connectivity index (χ1n) is 12.5. The Hall–Kier alpha value is -3.35. The predicted molar refractivity (Wildman–Crippen MR) is 129 cm³/mol. The first-order valence-corrected chi connectivity index (χ1v) is 12.5. The number of carboxylic acids is 1. The summed E-state index contributed by atoms with van der Waals surface area (Å²) in [5.41, 5.74) is 4.01. The van der Waals surface area contributed by atoms with Gasteiger partial charge in [-0.05, 0) is 59.8 Å². The Morgan fingerprint density at radius 3 is 2.11 bits per heavy atom. The number of aliphatic carboxylic acids is 1. The standard InChI is InChI=1S/C28H30N2O5/c1-28(16-10-11-16,12-24(31)30-13-21-22(14-30)25(21)26(32)33)29-27(34)35-15-23-19-8-4-2-6-17(19)18-7-3-5-9-20(18)23/h2-9,16,21-23,25H,10-15H2,1H3,(H,29,34)(H,32,33)/t21-,22+,25?,28?. The lowest BCUT2D eigenvalue weighted by molar-refractivity contribution is -0.141. The van der Waals surface area contributed by atoms with Gasteiger partial charge in [-0.1, -0.05) is 48.5 Å². The van der Waals surface area contributed by atoms with Crippen molar-refractivity contribution >= 4 is 18.0 Å². The summed E-state index contributed by atoms with van der Waals surface area (Å²) >= 11 is 0. The Labute approximate surface area is 204 Å². The largest absolute Gasteiger partial charge is 0.481 e. The van der Waals surface area contributed by atoms with Gasteiger partial charge in [0.25, 0.3) is 0 Å². The fourth-order valence-corrected chi connectivity index (χ4v) is 6.40. The Morgan fingerprint density at radius 2 is 1.57 bits per heavy atom. The average molecular weight is 475 g/mol. The Morgan fingerprint density at radius 1 is 1.00 bits per heavy atom. The first-order chi connectivity index (χ1) is 16.9. The molecule has 7 nitrogen and oxygen atoms in total. The van der Waals surface area contributed by atoms with Crippen LogP contribution in [-0.2, 0) is 14.3 Å². The van der Waals surface area contributed by atoms with Crippen LogP contribution in [0.5, 0.6) is 0 Å². The molecule has 7 heteroatoms. The molecule has 3 aliphatic carbocycles. The number of amides is 2. The van der Waals surface area contributed by atoms with Crippen LogP contribution in [0, 0.1) is 23.7 Å². The van der Waals surface area contributed by atoms with Crippen LogP contribution in [0.2, 0.25) is 0 Å². The highest BCUT2D eigenvalue weighted by Gasteiger charge is 2.61. The van der Waals surface area contributed by atoms with Crippen LogP contribution in [0.1, 0.15) is 43.2 Å². The molecule has 1 saturated heterocycles. The summed E-state index contributed by atoms with van der Waals surface area (Å²) in [6, 6.07) is 16.4. The molecule has 2 aromatic carbocycles. The number of nitrogens with one attached hydrogen (secondary N) is 1. The van der Waals surface area contributed by atoms with Gasteiger partial charge in [-0.3, -0.25) is 9.59 Å². The van der Waals surface area contributed by atoms with Crippen molar-refractivity contribution in [1.29, 1.82) is 0 Å². The summed E-state index contributed by atoms with van der Waals surface area (Å²) in [4.78, 5) is 39.0. The number of piperidine rings is 1. The van der Waals surface area contributed by atoms with Gasteiger partial charge in [0.15, 0.2) is 0 Å². The van der Waals surface area contributed by atoms with Crippen LogP contribution in [-0.4, -0.2) is 53.2 Å². The van der Waals surface area contributed by atoms with Crippen molar-refractivity contribution in [2.75, 3.05) is 19.7 Å². The molecule has 182 valence electrons. The quantitative estimate of drug-likeness (QED) is 0.635. The Bertz CT molecular complexity index is 1150. The van der Waals surface area contributed by atoms with Gasteiger partial charge < -0.3 is 20.1 Å². The lowest BCUT2D eigenvalue weighted by atomic mass is 9.91. The fourth-order valence-electron chi connectivity index (χ4n) is 6.40. The van der Waals surface area contributed by atoms with E-state index in [4.69, 9.17) is 4.74 Å². The molecule has 0 spiro atoms. The molecule has 4 atom stereocenters. The van der Waals surface area contributed by atoms with Gasteiger partial charge in [-0.15, -0.1) is 0 Å². The summed E-state index contributed by atoms with van der Waals surface area (Å²) in [6.45, 7) is 3.18. The summed E-state index contributed by atoms with van der Waals surface area (Å²) in [6.07, 6.45) is 1.66. The molecule has 0 aromatic heterocycles. The van der Waals surface area contributed by atoms with Crippen LogP contribution in [0.15, 0.2) is 48.5 Å². The molecule has 2 amide bonds. The van der Waals surface area contributed by atoms with E-state index >= 15 is 0 Å². The molecule has 2 unspecified atom stereocenters. The van der Waals surface area contributed by atoms with Gasteiger partial charge in [0, 0.05) is 19.0 Å². The number of rotatable bonds is 7. The van der Waals surface area contributed by atoms with E-state index < -0.39 is 17.6 Å². The van der Waals surface area contributed by atoms with Gasteiger partial charge in [-0.2, -0.15) is 0 Å². The monoisotopic (exact) mass is 474 g/mol. The van der Waals surface area contributed by atoms with E-state index in [0.29, 0.717) is 13.1 Å². The highest BCUT2D eigenvalue weighted by molar-refractivity contribution is 5.82. The molecular weight excluding hydrogens is 444 g/mol. The van der Waals surface area contributed by atoms with Crippen LogP contribution in [0.4, 0.5) is 4.79 Å². The number of hydrogen-bond donors (Lipinski definition) is 2. The minimum absolute atomic E-state index is 0.0135. The maximum Gasteiger partial charge on any atom is 0.407 e. The highest BCUT2D eigenvalue weighted by atomic mass is 16.5. The number of likely N-dealkylation sites (tertiary alicyclic amines) is 1. The lowest BCUT2D eigenvalue weighted by Crippen LogP contribution is -2.51. The maximum absolute atomic E-state index is 13.0. The van der Waals surface area contributed by atoms with Crippen LogP contribution >= 0.6 is 0 Å². The zero-order chi connectivity index (χ0) is 24.3. The molecule has 0 radical (unpaired) electrons. The lowest BCUT2D eigenvalue weighted by Gasteiger charge is -2.32. The molecule has 35 heavy (non-hydrogen) atoms. The SMILES string of the molecule is CC(CC(=O)N1C[C@@H]2C(C(=O)O)[C@@H]2C1)(NC(=O)OCC1c2ccccc2-c2ccccc21)C1CC1. The third kappa shape index (κ3) is 3.87. The van der Waals surface area contributed by atoms with Gasteiger partial charge in [0.1, 0.15) is 6.61 Å². The number of hydrogen-bond acceptors (Lipinski definition) is 4. The molecule has 4 aliphatic rings. The Balaban J connectivity index is 1.09. The number of nitrogens with zero attached hydrogens (tertiary/aromatic N) is 1. The van der Waals surface area contributed by atoms with Crippen molar-refractivity contribution in [3.8, 4) is 11.1 Å². The zero-order valence-corrected chi connectivity index (χ0v) is 19.8. The van der Waals surface area contributed by atoms with E-state index in [1.807, 2.05) is 31.2 Å². The van der Waals surface area contributed by atoms with E-state index in [1.54, 1.807) is 4.90 Å². The fraction of sp³-hybridized carbons (Fsp3) is 0.464. The van der Waals surface area contributed by atoms with Crippen LogP contribution < -0.4 is 5.32 Å². The third-order valence-corrected chi connectivity index (χ3v) is 8.56. The van der Waals surface area contributed by atoms with E-state index in [0.717, 1.165) is 24.0 Å². The normalized spacial score (nSPS) is 25.7. The molecule has 1 aliphatic heterocycles. The number of carboxylic acid groups (broad SMARTS) is 1. The number of alkyl carbamates (subject to hydrolysis) is 1. The van der Waals surface area contributed by atoms with Crippen molar-refractivity contribution in [3.63, 3.8) is 0 Å². The Kier molecular flexibility index (Phi) is 5.13. The maximum atomic E-state index is 13.0. The first kappa shape index (κ1) is 22.1. The summed E-state index contributed by atoms with van der Waals surface area (Å²) in [5, 5.41) is 12.3. The summed E-state index contributed by atoms with van der Waals surface area (Å²) < 4.78 is 5.74. The number of carbonyl (C=O) groups is 3. The smallest absolute Gasteiger partial charge is 0.407 e. The molecular formula is C28H30N2O5. The van der Waals surface area contributed by atoms with Crippen molar-refractivity contribution in [2.24, 2.45) is 23.7 Å². The van der Waals surface area contributed by atoms with Crippen LogP contribution in [0.3, 0.4) is 0 Å². The van der Waals surface area contributed by atoms with Crippen molar-refractivity contribution < 1.29 is 24.2 Å². The van der Waals surface area contributed by atoms with E-state index in [1.165, 1.54) is 11.1 Å². The van der Waals surface area contributed by atoms with E-state index in [9.17, 15) is 19.5 Å². The minimum Gasteiger partial charge on any atom is -0.481 e. The van der Waals surface area contributed by atoms with E-state index in [2.05, 4.69) is 29.6 Å². The summed E-state index contributed by atoms with van der Waals surface area (Å²) in [5.74, 6) is -0.678. The second kappa shape index (κ2) is 8.11. The molecule has 2 N–H and O–H groups in total. The van der Waals surface area contributed by atoms with E-state index in [-0.39, 0.29) is 48.5 Å². The average Bonchev–Trinajstić information content (AvgIpc) is 3.74. The minimum atomic E-state index is -0.758. The number of benzene rings is 2. The second-order valence-electron chi connectivity index (χ2n) is 10.8. The van der Waals surface area contributed by atoms with Gasteiger partial charge >= 0.3 is 12.1 Å². The molecule has 2 saturated carbocycles. The second-order valence-corrected chi connectivity index (χ2v) is 10.8. The third-order valence-electron chi connectivity index (χ3n) is 8.56. The highest BCUT2D eigenvalue weighted by Crippen LogP contribution is 2.52. The van der Waals surface area contributed by atoms with Gasteiger partial charge in [0.05, 0.1) is 17.9 Å². The number of fused-ring (bicyclic) bond motifs is 4. The molecule has 2 aromatic rings. The zero-order valence-electron chi connectivity index (χ0n) is 19.8.